The Kier molecular flexibility index (Phi) is 6.25. The monoisotopic (exact) mass is 621 g/mol. The van der Waals surface area contributed by atoms with E-state index < -0.39 is 0 Å². The first kappa shape index (κ1) is 27.7. The maximum absolute atomic E-state index is 3.84. The number of benzene rings is 9. The highest BCUT2D eigenvalue weighted by Gasteiger charge is 2.22. The lowest BCUT2D eigenvalue weighted by molar-refractivity contribution is 1.52. The number of fused-ring (bicyclic) bond motifs is 9. The molecule has 0 unspecified atom stereocenters. The summed E-state index contributed by atoms with van der Waals surface area (Å²) in [5, 5.41) is 10.2. The standard InChI is InChI=1S/C48H31N/c1-2-15-31(16-3-1)32-17-4-5-18-33(32)39-24-12-27-42(47(39)44-29-14-28-43-37-22-10-11-30-45(37)49-48(43)44)41-26-13-25-40-36-20-7-6-19-34(36)35-21-8-9-23-38(35)46(40)41/h1-30,49H. The Balaban J connectivity index is 1.38. The predicted molar refractivity (Wildman–Crippen MR) is 210 cm³/mol. The van der Waals surface area contributed by atoms with E-state index in [0.29, 0.717) is 0 Å². The molecule has 10 rings (SSSR count). The fourth-order valence-electron chi connectivity index (χ4n) is 8.14. The normalized spacial score (nSPS) is 11.7. The van der Waals surface area contributed by atoms with Crippen molar-refractivity contribution in [2.75, 3.05) is 0 Å². The first-order valence-corrected chi connectivity index (χ1v) is 17.0. The summed E-state index contributed by atoms with van der Waals surface area (Å²) in [7, 11) is 0. The van der Waals surface area contributed by atoms with Crippen LogP contribution < -0.4 is 0 Å². The number of aromatic nitrogens is 1. The van der Waals surface area contributed by atoms with E-state index in [1.807, 2.05) is 0 Å². The van der Waals surface area contributed by atoms with E-state index in [1.165, 1.54) is 87.6 Å². The predicted octanol–water partition coefficient (Wildman–Crippen LogP) is 13.4. The van der Waals surface area contributed by atoms with Gasteiger partial charge in [-0.05, 0) is 77.3 Å². The first-order chi connectivity index (χ1) is 24.3. The average Bonchev–Trinajstić information content (AvgIpc) is 3.57. The molecule has 1 heteroatoms. The van der Waals surface area contributed by atoms with E-state index in [2.05, 4.69) is 187 Å². The van der Waals surface area contributed by atoms with Gasteiger partial charge >= 0.3 is 0 Å². The van der Waals surface area contributed by atoms with Crippen molar-refractivity contribution in [2.24, 2.45) is 0 Å². The lowest BCUT2D eigenvalue weighted by atomic mass is 9.82. The second-order valence-corrected chi connectivity index (χ2v) is 12.9. The third-order valence-corrected chi connectivity index (χ3v) is 10.2. The third kappa shape index (κ3) is 4.26. The maximum atomic E-state index is 3.84. The summed E-state index contributed by atoms with van der Waals surface area (Å²) in [6.45, 7) is 0. The van der Waals surface area contributed by atoms with Gasteiger partial charge in [0.1, 0.15) is 0 Å². The zero-order valence-corrected chi connectivity index (χ0v) is 26.8. The molecule has 0 saturated heterocycles. The van der Waals surface area contributed by atoms with Gasteiger partial charge in [0, 0.05) is 21.9 Å². The number of rotatable bonds is 4. The quantitative estimate of drug-likeness (QED) is 0.188. The van der Waals surface area contributed by atoms with Crippen molar-refractivity contribution >= 4 is 54.1 Å². The van der Waals surface area contributed by atoms with Gasteiger partial charge in [-0.15, -0.1) is 0 Å². The van der Waals surface area contributed by atoms with Gasteiger partial charge in [0.15, 0.2) is 0 Å². The van der Waals surface area contributed by atoms with Gasteiger partial charge < -0.3 is 4.98 Å². The molecular weight excluding hydrogens is 591 g/mol. The van der Waals surface area contributed by atoms with Crippen molar-refractivity contribution < 1.29 is 0 Å². The van der Waals surface area contributed by atoms with Crippen LogP contribution in [0.4, 0.5) is 0 Å². The van der Waals surface area contributed by atoms with E-state index in [-0.39, 0.29) is 0 Å². The zero-order chi connectivity index (χ0) is 32.3. The number of nitrogens with one attached hydrogen (secondary N) is 1. The number of aromatic amines is 1. The van der Waals surface area contributed by atoms with E-state index >= 15 is 0 Å². The minimum absolute atomic E-state index is 1.15. The van der Waals surface area contributed by atoms with Crippen LogP contribution in [0.2, 0.25) is 0 Å². The topological polar surface area (TPSA) is 15.8 Å². The highest BCUT2D eigenvalue weighted by Crippen LogP contribution is 2.48. The van der Waals surface area contributed by atoms with Gasteiger partial charge in [-0.1, -0.05) is 176 Å². The molecule has 0 amide bonds. The molecular formula is C48H31N. The van der Waals surface area contributed by atoms with Crippen LogP contribution in [-0.4, -0.2) is 4.98 Å². The van der Waals surface area contributed by atoms with Gasteiger partial charge in [0.2, 0.25) is 0 Å². The van der Waals surface area contributed by atoms with Crippen molar-refractivity contribution in [2.45, 2.75) is 0 Å². The Labute approximate surface area is 284 Å². The van der Waals surface area contributed by atoms with Crippen LogP contribution in [0.5, 0.6) is 0 Å². The van der Waals surface area contributed by atoms with Crippen molar-refractivity contribution in [3.05, 3.63) is 182 Å². The molecule has 10 aromatic rings. The molecule has 1 heterocycles. The summed E-state index contributed by atoms with van der Waals surface area (Å²) in [4.78, 5) is 3.84. The molecule has 0 atom stereocenters. The largest absolute Gasteiger partial charge is 0.354 e. The van der Waals surface area contributed by atoms with Gasteiger partial charge in [0.05, 0.1) is 5.52 Å². The molecule has 0 bridgehead atoms. The Morgan fingerprint density at radius 3 is 1.45 bits per heavy atom. The van der Waals surface area contributed by atoms with E-state index in [1.54, 1.807) is 0 Å². The second-order valence-electron chi connectivity index (χ2n) is 12.9. The average molecular weight is 622 g/mol. The lowest BCUT2D eigenvalue weighted by Crippen LogP contribution is -1.95. The molecule has 228 valence electrons. The Bertz CT molecular complexity index is 2830. The minimum Gasteiger partial charge on any atom is -0.354 e. The third-order valence-electron chi connectivity index (χ3n) is 10.2. The fraction of sp³-hybridized carbons (Fsp3) is 0. The summed E-state index contributed by atoms with van der Waals surface area (Å²) in [6, 6.07) is 66.4. The fourth-order valence-corrected chi connectivity index (χ4v) is 8.14. The van der Waals surface area contributed by atoms with Crippen LogP contribution in [0, 0.1) is 0 Å². The van der Waals surface area contributed by atoms with Gasteiger partial charge in [-0.3, -0.25) is 0 Å². The van der Waals surface area contributed by atoms with E-state index in [4.69, 9.17) is 0 Å². The SMILES string of the molecule is c1ccc(-c2ccccc2-c2cccc(-c3cccc4c5ccccc5c5ccccc5c34)c2-c2cccc3c2[nH]c2ccccc23)cc1. The minimum atomic E-state index is 1.15. The van der Waals surface area contributed by atoms with Crippen molar-refractivity contribution in [3.63, 3.8) is 0 Å². The van der Waals surface area contributed by atoms with E-state index in [9.17, 15) is 0 Å². The summed E-state index contributed by atoms with van der Waals surface area (Å²) in [5.41, 5.74) is 12.1. The summed E-state index contributed by atoms with van der Waals surface area (Å²) in [6.07, 6.45) is 0. The zero-order valence-electron chi connectivity index (χ0n) is 26.8. The summed E-state index contributed by atoms with van der Waals surface area (Å²) < 4.78 is 0. The molecule has 1 aromatic heterocycles. The molecule has 0 radical (unpaired) electrons. The summed E-state index contributed by atoms with van der Waals surface area (Å²) >= 11 is 0. The van der Waals surface area contributed by atoms with Crippen LogP contribution in [0.25, 0.3) is 98.6 Å². The molecule has 0 fully saturated rings. The van der Waals surface area contributed by atoms with Gasteiger partial charge in [0.25, 0.3) is 0 Å². The van der Waals surface area contributed by atoms with Gasteiger partial charge in [-0.2, -0.15) is 0 Å². The molecule has 1 N–H and O–H groups in total. The van der Waals surface area contributed by atoms with Crippen molar-refractivity contribution in [1.82, 2.24) is 4.98 Å². The molecule has 49 heavy (non-hydrogen) atoms. The van der Waals surface area contributed by atoms with Gasteiger partial charge in [-0.25, -0.2) is 0 Å². The van der Waals surface area contributed by atoms with Crippen molar-refractivity contribution in [1.29, 1.82) is 0 Å². The Hall–Kier alpha value is -6.44. The highest BCUT2D eigenvalue weighted by atomic mass is 14.7. The van der Waals surface area contributed by atoms with Crippen LogP contribution in [0.3, 0.4) is 0 Å². The van der Waals surface area contributed by atoms with Crippen LogP contribution >= 0.6 is 0 Å². The first-order valence-electron chi connectivity index (χ1n) is 17.0. The molecule has 0 aliphatic heterocycles. The van der Waals surface area contributed by atoms with Crippen molar-refractivity contribution in [3.8, 4) is 44.5 Å². The molecule has 9 aromatic carbocycles. The molecule has 0 spiro atoms. The Morgan fingerprint density at radius 2 is 0.714 bits per heavy atom. The van der Waals surface area contributed by atoms with Crippen LogP contribution in [0.15, 0.2) is 182 Å². The number of H-pyrrole nitrogens is 1. The Morgan fingerprint density at radius 1 is 0.265 bits per heavy atom. The second kappa shape index (κ2) is 11.1. The molecule has 0 saturated carbocycles. The molecule has 1 nitrogen and oxygen atoms in total. The van der Waals surface area contributed by atoms with Crippen LogP contribution in [-0.2, 0) is 0 Å². The number of hydrogen-bond donors (Lipinski definition) is 1. The molecule has 0 aliphatic carbocycles. The smallest absolute Gasteiger partial charge is 0.0544 e. The highest BCUT2D eigenvalue weighted by molar-refractivity contribution is 6.29. The van der Waals surface area contributed by atoms with E-state index in [0.717, 1.165) is 11.0 Å². The number of para-hydroxylation sites is 2. The number of hydrogen-bond acceptors (Lipinski definition) is 0. The lowest BCUT2D eigenvalue weighted by Gasteiger charge is -2.21. The molecule has 0 aliphatic rings. The van der Waals surface area contributed by atoms with Crippen LogP contribution in [0.1, 0.15) is 0 Å². The maximum Gasteiger partial charge on any atom is 0.0544 e. The summed E-state index contributed by atoms with van der Waals surface area (Å²) in [5.74, 6) is 0.